The number of nitrogens with zero attached hydrogens (tertiary/aromatic N) is 2. The van der Waals surface area contributed by atoms with Crippen LogP contribution in [0.4, 0.5) is 5.69 Å². The van der Waals surface area contributed by atoms with E-state index in [1.54, 1.807) is 0 Å². The van der Waals surface area contributed by atoms with Crippen molar-refractivity contribution in [3.05, 3.63) is 47.8 Å². The van der Waals surface area contributed by atoms with E-state index in [1.165, 1.54) is 0 Å². The van der Waals surface area contributed by atoms with E-state index in [9.17, 15) is 9.59 Å². The van der Waals surface area contributed by atoms with E-state index in [0.29, 0.717) is 6.54 Å². The largest absolute Gasteiger partial charge is 0.356 e. The number of aromatic nitrogens is 2. The molecule has 1 aromatic carbocycles. The summed E-state index contributed by atoms with van der Waals surface area (Å²) in [6, 6.07) is 11.3. The summed E-state index contributed by atoms with van der Waals surface area (Å²) in [6.07, 6.45) is 1.18. The lowest BCUT2D eigenvalue weighted by Gasteiger charge is -2.07. The predicted molar refractivity (Wildman–Crippen MR) is 93.6 cm³/mol. The van der Waals surface area contributed by atoms with Crippen LogP contribution in [0.2, 0.25) is 0 Å². The molecule has 24 heavy (non-hydrogen) atoms. The first kappa shape index (κ1) is 17.7. The van der Waals surface area contributed by atoms with Crippen LogP contribution in [0.3, 0.4) is 0 Å². The maximum absolute atomic E-state index is 11.8. The third kappa shape index (κ3) is 5.87. The summed E-state index contributed by atoms with van der Waals surface area (Å²) < 4.78 is 1.94. The molecule has 0 atom stereocenters. The standard InChI is InChI=1S/C18H24N4O2/c1-14-13-15(2)22(21-14)12-6-11-19-17(23)9-10-18(24)20-16-7-4-3-5-8-16/h3-5,7-8,13H,6,9-12H2,1-2H3,(H,19,23)(H,20,24). The van der Waals surface area contributed by atoms with Gasteiger partial charge < -0.3 is 10.6 Å². The van der Waals surface area contributed by atoms with Gasteiger partial charge in [-0.1, -0.05) is 18.2 Å². The number of hydrogen-bond acceptors (Lipinski definition) is 3. The minimum atomic E-state index is -0.154. The van der Waals surface area contributed by atoms with Gasteiger partial charge in [-0.25, -0.2) is 0 Å². The number of benzene rings is 1. The number of hydrogen-bond donors (Lipinski definition) is 2. The Balaban J connectivity index is 1.59. The molecule has 0 spiro atoms. The second kappa shape index (κ2) is 8.86. The monoisotopic (exact) mass is 328 g/mol. The molecule has 128 valence electrons. The molecule has 2 aromatic rings. The Kier molecular flexibility index (Phi) is 6.54. The summed E-state index contributed by atoms with van der Waals surface area (Å²) in [7, 11) is 0. The van der Waals surface area contributed by atoms with Crippen LogP contribution >= 0.6 is 0 Å². The molecule has 6 nitrogen and oxygen atoms in total. The first-order valence-corrected chi connectivity index (χ1v) is 8.17. The Morgan fingerprint density at radius 2 is 1.79 bits per heavy atom. The van der Waals surface area contributed by atoms with E-state index in [0.717, 1.165) is 30.0 Å². The van der Waals surface area contributed by atoms with Crippen LogP contribution in [0.15, 0.2) is 36.4 Å². The zero-order valence-electron chi connectivity index (χ0n) is 14.2. The Bertz CT molecular complexity index is 680. The molecule has 0 bridgehead atoms. The fraction of sp³-hybridized carbons (Fsp3) is 0.389. The van der Waals surface area contributed by atoms with Gasteiger partial charge in [-0.3, -0.25) is 14.3 Å². The van der Waals surface area contributed by atoms with E-state index in [1.807, 2.05) is 54.9 Å². The molecule has 0 fully saturated rings. The third-order valence-corrected chi connectivity index (χ3v) is 3.61. The number of amides is 2. The van der Waals surface area contributed by atoms with Gasteiger partial charge in [-0.15, -0.1) is 0 Å². The van der Waals surface area contributed by atoms with Crippen LogP contribution in [0.1, 0.15) is 30.7 Å². The number of anilines is 1. The average Bonchev–Trinajstić information content (AvgIpc) is 2.88. The first-order valence-electron chi connectivity index (χ1n) is 8.17. The number of nitrogens with one attached hydrogen (secondary N) is 2. The molecule has 0 radical (unpaired) electrons. The second-order valence-corrected chi connectivity index (χ2v) is 5.77. The predicted octanol–water partition coefficient (Wildman–Crippen LogP) is 2.43. The van der Waals surface area contributed by atoms with Crippen molar-refractivity contribution in [3.8, 4) is 0 Å². The fourth-order valence-corrected chi connectivity index (χ4v) is 2.42. The molecule has 2 rings (SSSR count). The zero-order valence-corrected chi connectivity index (χ0v) is 14.2. The van der Waals surface area contributed by atoms with Crippen LogP contribution in [0.5, 0.6) is 0 Å². The Morgan fingerprint density at radius 3 is 2.46 bits per heavy atom. The summed E-state index contributed by atoms with van der Waals surface area (Å²) in [5.41, 5.74) is 2.87. The SMILES string of the molecule is Cc1cc(C)n(CCCNC(=O)CCC(=O)Nc2ccccc2)n1. The smallest absolute Gasteiger partial charge is 0.224 e. The first-order chi connectivity index (χ1) is 11.5. The van der Waals surface area contributed by atoms with Gasteiger partial charge in [0.1, 0.15) is 0 Å². The Labute approximate surface area is 142 Å². The minimum Gasteiger partial charge on any atom is -0.356 e. The zero-order chi connectivity index (χ0) is 17.4. The molecule has 2 amide bonds. The molecule has 6 heteroatoms. The molecule has 1 heterocycles. The van der Waals surface area contributed by atoms with E-state index < -0.39 is 0 Å². The molecular formula is C18H24N4O2. The average molecular weight is 328 g/mol. The molecule has 0 unspecified atom stereocenters. The highest BCUT2D eigenvalue weighted by Crippen LogP contribution is 2.06. The van der Waals surface area contributed by atoms with Gasteiger partial charge in [-0.2, -0.15) is 5.10 Å². The lowest BCUT2D eigenvalue weighted by Crippen LogP contribution is -2.26. The molecule has 2 N–H and O–H groups in total. The van der Waals surface area contributed by atoms with Gasteiger partial charge >= 0.3 is 0 Å². The van der Waals surface area contributed by atoms with Crippen molar-refractivity contribution in [2.45, 2.75) is 39.7 Å². The number of rotatable bonds is 8. The molecule has 0 aliphatic carbocycles. The number of carbonyl (C=O) groups is 2. The maximum atomic E-state index is 11.8. The van der Waals surface area contributed by atoms with Crippen LogP contribution in [0, 0.1) is 13.8 Å². The van der Waals surface area contributed by atoms with E-state index in [-0.39, 0.29) is 24.7 Å². The van der Waals surface area contributed by atoms with Gasteiger partial charge in [-0.05, 0) is 38.5 Å². The number of carbonyl (C=O) groups excluding carboxylic acids is 2. The highest BCUT2D eigenvalue weighted by atomic mass is 16.2. The van der Waals surface area contributed by atoms with Gasteiger partial charge in [0.25, 0.3) is 0 Å². The van der Waals surface area contributed by atoms with Crippen LogP contribution in [-0.4, -0.2) is 28.1 Å². The molecule has 0 saturated heterocycles. The topological polar surface area (TPSA) is 76.0 Å². The second-order valence-electron chi connectivity index (χ2n) is 5.77. The van der Waals surface area contributed by atoms with Crippen LogP contribution < -0.4 is 10.6 Å². The molecule has 0 aliphatic heterocycles. The van der Waals surface area contributed by atoms with Gasteiger partial charge in [0, 0.05) is 37.3 Å². The third-order valence-electron chi connectivity index (χ3n) is 3.61. The lowest BCUT2D eigenvalue weighted by atomic mass is 10.2. The fourth-order valence-electron chi connectivity index (χ4n) is 2.42. The molecule has 1 aromatic heterocycles. The molecule has 0 saturated carbocycles. The summed E-state index contributed by atoms with van der Waals surface area (Å²) in [5, 5.41) is 9.98. The minimum absolute atomic E-state index is 0.105. The number of para-hydroxylation sites is 1. The lowest BCUT2D eigenvalue weighted by molar-refractivity contribution is -0.124. The van der Waals surface area contributed by atoms with Crippen LogP contribution in [0.25, 0.3) is 0 Å². The van der Waals surface area contributed by atoms with Gasteiger partial charge in [0.05, 0.1) is 5.69 Å². The molecular weight excluding hydrogens is 304 g/mol. The van der Waals surface area contributed by atoms with Crippen molar-refractivity contribution in [2.75, 3.05) is 11.9 Å². The Morgan fingerprint density at radius 1 is 1.08 bits per heavy atom. The summed E-state index contributed by atoms with van der Waals surface area (Å²) in [6.45, 7) is 5.33. The van der Waals surface area contributed by atoms with Crippen molar-refractivity contribution < 1.29 is 9.59 Å². The van der Waals surface area contributed by atoms with Crippen molar-refractivity contribution >= 4 is 17.5 Å². The van der Waals surface area contributed by atoms with E-state index in [2.05, 4.69) is 15.7 Å². The van der Waals surface area contributed by atoms with Crippen molar-refractivity contribution in [3.63, 3.8) is 0 Å². The maximum Gasteiger partial charge on any atom is 0.224 e. The Hall–Kier alpha value is -2.63. The van der Waals surface area contributed by atoms with E-state index in [4.69, 9.17) is 0 Å². The quantitative estimate of drug-likeness (QED) is 0.731. The highest BCUT2D eigenvalue weighted by molar-refractivity contribution is 5.93. The molecule has 0 aliphatic rings. The van der Waals surface area contributed by atoms with Crippen molar-refractivity contribution in [1.29, 1.82) is 0 Å². The van der Waals surface area contributed by atoms with Crippen LogP contribution in [-0.2, 0) is 16.1 Å². The highest BCUT2D eigenvalue weighted by Gasteiger charge is 2.07. The van der Waals surface area contributed by atoms with Gasteiger partial charge in [0.2, 0.25) is 11.8 Å². The van der Waals surface area contributed by atoms with Gasteiger partial charge in [0.15, 0.2) is 0 Å². The number of aryl methyl sites for hydroxylation is 3. The van der Waals surface area contributed by atoms with E-state index >= 15 is 0 Å². The van der Waals surface area contributed by atoms with Crippen molar-refractivity contribution in [2.24, 2.45) is 0 Å². The normalized spacial score (nSPS) is 10.4. The van der Waals surface area contributed by atoms with Crippen molar-refractivity contribution in [1.82, 2.24) is 15.1 Å². The summed E-state index contributed by atoms with van der Waals surface area (Å²) in [4.78, 5) is 23.5. The summed E-state index contributed by atoms with van der Waals surface area (Å²) in [5.74, 6) is -0.259. The summed E-state index contributed by atoms with van der Waals surface area (Å²) >= 11 is 0.